The standard InChI is InChI=1S/C16H13BrN2OS2/c1-10-18-8-15(22-10)14-9-21-16(19-14)7-13(20)6-11-2-4-12(17)5-3-11/h2-5,8-9H,6-7H2,1H3. The molecule has 2 heterocycles. The summed E-state index contributed by atoms with van der Waals surface area (Å²) in [5.41, 5.74) is 1.95. The number of rotatable bonds is 5. The highest BCUT2D eigenvalue weighted by Crippen LogP contribution is 2.27. The maximum absolute atomic E-state index is 12.2. The van der Waals surface area contributed by atoms with Gasteiger partial charge in [0, 0.05) is 22.5 Å². The first-order chi connectivity index (χ1) is 10.6. The van der Waals surface area contributed by atoms with E-state index in [0.29, 0.717) is 12.8 Å². The molecule has 22 heavy (non-hydrogen) atoms. The van der Waals surface area contributed by atoms with Crippen LogP contribution < -0.4 is 0 Å². The van der Waals surface area contributed by atoms with Crippen LogP contribution in [-0.4, -0.2) is 15.8 Å². The van der Waals surface area contributed by atoms with Gasteiger partial charge < -0.3 is 0 Å². The monoisotopic (exact) mass is 392 g/mol. The minimum absolute atomic E-state index is 0.184. The van der Waals surface area contributed by atoms with Crippen LogP contribution in [0.4, 0.5) is 0 Å². The predicted molar refractivity (Wildman–Crippen MR) is 94.5 cm³/mol. The lowest BCUT2D eigenvalue weighted by Gasteiger charge is -2.00. The van der Waals surface area contributed by atoms with Crippen LogP contribution in [0.3, 0.4) is 0 Å². The molecule has 0 fully saturated rings. The van der Waals surface area contributed by atoms with Gasteiger partial charge in [-0.2, -0.15) is 0 Å². The van der Waals surface area contributed by atoms with Gasteiger partial charge in [0.2, 0.25) is 0 Å². The Kier molecular flexibility index (Phi) is 4.81. The maximum Gasteiger partial charge on any atom is 0.144 e. The van der Waals surface area contributed by atoms with Crippen molar-refractivity contribution in [2.45, 2.75) is 19.8 Å². The Labute approximate surface area is 145 Å². The van der Waals surface area contributed by atoms with Crippen molar-refractivity contribution in [2.75, 3.05) is 0 Å². The van der Waals surface area contributed by atoms with Crippen molar-refractivity contribution in [3.63, 3.8) is 0 Å². The fraction of sp³-hybridized carbons (Fsp3) is 0.188. The summed E-state index contributed by atoms with van der Waals surface area (Å²) < 4.78 is 1.02. The fourth-order valence-electron chi connectivity index (χ4n) is 2.05. The summed E-state index contributed by atoms with van der Waals surface area (Å²) >= 11 is 6.55. The zero-order valence-corrected chi connectivity index (χ0v) is 15.1. The molecule has 3 aromatic rings. The van der Waals surface area contributed by atoms with Gasteiger partial charge in [0.15, 0.2) is 0 Å². The first-order valence-electron chi connectivity index (χ1n) is 6.73. The first-order valence-corrected chi connectivity index (χ1v) is 9.22. The van der Waals surface area contributed by atoms with Crippen LogP contribution in [0.1, 0.15) is 15.6 Å². The summed E-state index contributed by atoms with van der Waals surface area (Å²) in [6.45, 7) is 1.98. The number of hydrogen-bond acceptors (Lipinski definition) is 5. The Hall–Kier alpha value is -1.37. The zero-order chi connectivity index (χ0) is 15.5. The van der Waals surface area contributed by atoms with E-state index in [9.17, 15) is 4.79 Å². The largest absolute Gasteiger partial charge is 0.299 e. The summed E-state index contributed by atoms with van der Waals surface area (Å²) in [7, 11) is 0. The molecule has 3 rings (SSSR count). The van der Waals surface area contributed by atoms with E-state index in [4.69, 9.17) is 0 Å². The molecule has 112 valence electrons. The quantitative estimate of drug-likeness (QED) is 0.632. The highest BCUT2D eigenvalue weighted by Gasteiger charge is 2.11. The Morgan fingerprint density at radius 2 is 2.00 bits per heavy atom. The van der Waals surface area contributed by atoms with Crippen molar-refractivity contribution in [3.05, 3.63) is 55.9 Å². The van der Waals surface area contributed by atoms with Gasteiger partial charge >= 0.3 is 0 Å². The van der Waals surface area contributed by atoms with Crippen molar-refractivity contribution < 1.29 is 4.79 Å². The lowest BCUT2D eigenvalue weighted by atomic mass is 10.1. The lowest BCUT2D eigenvalue weighted by Crippen LogP contribution is -2.06. The van der Waals surface area contributed by atoms with E-state index in [-0.39, 0.29) is 5.78 Å². The molecule has 6 heteroatoms. The first kappa shape index (κ1) is 15.5. The summed E-state index contributed by atoms with van der Waals surface area (Å²) in [4.78, 5) is 22.0. The SMILES string of the molecule is Cc1ncc(-c2csc(CC(=O)Cc3ccc(Br)cc3)n2)s1. The highest BCUT2D eigenvalue weighted by atomic mass is 79.9. The molecule has 0 bridgehead atoms. The molecule has 0 aliphatic heterocycles. The van der Waals surface area contributed by atoms with Gasteiger partial charge in [-0.15, -0.1) is 22.7 Å². The smallest absolute Gasteiger partial charge is 0.144 e. The van der Waals surface area contributed by atoms with Crippen LogP contribution >= 0.6 is 38.6 Å². The van der Waals surface area contributed by atoms with Crippen molar-refractivity contribution in [3.8, 4) is 10.6 Å². The van der Waals surface area contributed by atoms with E-state index in [0.717, 1.165) is 30.6 Å². The molecular formula is C16H13BrN2OS2. The zero-order valence-electron chi connectivity index (χ0n) is 11.9. The Balaban J connectivity index is 1.64. The summed E-state index contributed by atoms with van der Waals surface area (Å²) in [5, 5.41) is 3.88. The van der Waals surface area contributed by atoms with Crippen molar-refractivity contribution in [1.82, 2.24) is 9.97 Å². The molecule has 0 aliphatic carbocycles. The van der Waals surface area contributed by atoms with Gasteiger partial charge in [-0.25, -0.2) is 9.97 Å². The number of halogens is 1. The molecule has 0 atom stereocenters. The van der Waals surface area contributed by atoms with Gasteiger partial charge in [-0.05, 0) is 24.6 Å². The predicted octanol–water partition coefficient (Wildman–Crippen LogP) is 4.69. The van der Waals surface area contributed by atoms with E-state index >= 15 is 0 Å². The molecule has 0 spiro atoms. The van der Waals surface area contributed by atoms with Crippen LogP contribution in [0, 0.1) is 6.92 Å². The van der Waals surface area contributed by atoms with Crippen molar-refractivity contribution in [2.24, 2.45) is 0 Å². The minimum atomic E-state index is 0.184. The van der Waals surface area contributed by atoms with E-state index in [1.54, 1.807) is 11.3 Å². The Bertz CT molecular complexity index is 793. The van der Waals surface area contributed by atoms with Crippen LogP contribution in [0.15, 0.2) is 40.3 Å². The maximum atomic E-state index is 12.2. The number of carbonyl (C=O) groups excluding carboxylic acids is 1. The second-order valence-electron chi connectivity index (χ2n) is 4.89. The van der Waals surface area contributed by atoms with Gasteiger partial charge in [-0.3, -0.25) is 4.79 Å². The molecule has 0 saturated heterocycles. The molecule has 0 radical (unpaired) electrons. The molecule has 0 saturated carbocycles. The number of nitrogens with zero attached hydrogens (tertiary/aromatic N) is 2. The van der Waals surface area contributed by atoms with Crippen molar-refractivity contribution in [1.29, 1.82) is 0 Å². The van der Waals surface area contributed by atoms with Crippen molar-refractivity contribution >= 4 is 44.4 Å². The normalized spacial score (nSPS) is 10.8. The third-order valence-corrected chi connectivity index (χ3v) is 5.40. The molecule has 2 aromatic heterocycles. The van der Waals surface area contributed by atoms with Gasteiger partial charge in [0.1, 0.15) is 10.8 Å². The number of aromatic nitrogens is 2. The van der Waals surface area contributed by atoms with E-state index < -0.39 is 0 Å². The molecule has 1 aromatic carbocycles. The summed E-state index contributed by atoms with van der Waals surface area (Å²) in [6, 6.07) is 7.84. The van der Waals surface area contributed by atoms with Crippen LogP contribution in [-0.2, 0) is 17.6 Å². The van der Waals surface area contributed by atoms with Crippen LogP contribution in [0.5, 0.6) is 0 Å². The average molecular weight is 393 g/mol. The summed E-state index contributed by atoms with van der Waals surface area (Å²) in [6.07, 6.45) is 2.67. The van der Waals surface area contributed by atoms with E-state index in [2.05, 4.69) is 25.9 Å². The third kappa shape index (κ3) is 3.88. The molecule has 0 N–H and O–H groups in total. The van der Waals surface area contributed by atoms with E-state index in [1.807, 2.05) is 42.8 Å². The number of ketones is 1. The fourth-order valence-corrected chi connectivity index (χ4v) is 3.95. The number of Topliss-reactive ketones (excluding diaryl/α,β-unsaturated/α-hetero) is 1. The second-order valence-corrected chi connectivity index (χ2v) is 7.98. The lowest BCUT2D eigenvalue weighted by molar-refractivity contribution is -0.117. The number of thiazole rings is 2. The number of benzene rings is 1. The Morgan fingerprint density at radius 1 is 1.23 bits per heavy atom. The topological polar surface area (TPSA) is 42.9 Å². The van der Waals surface area contributed by atoms with E-state index in [1.165, 1.54) is 11.3 Å². The van der Waals surface area contributed by atoms with Crippen LogP contribution in [0.2, 0.25) is 0 Å². The number of carbonyl (C=O) groups is 1. The number of aryl methyl sites for hydroxylation is 1. The number of hydrogen-bond donors (Lipinski definition) is 0. The van der Waals surface area contributed by atoms with Gasteiger partial charge in [0.05, 0.1) is 22.0 Å². The molecule has 3 nitrogen and oxygen atoms in total. The minimum Gasteiger partial charge on any atom is -0.299 e. The van der Waals surface area contributed by atoms with Gasteiger partial charge in [-0.1, -0.05) is 28.1 Å². The second kappa shape index (κ2) is 6.81. The van der Waals surface area contributed by atoms with Gasteiger partial charge in [0.25, 0.3) is 0 Å². The average Bonchev–Trinajstić information content (AvgIpc) is 3.10. The molecular weight excluding hydrogens is 380 g/mol. The highest BCUT2D eigenvalue weighted by molar-refractivity contribution is 9.10. The van der Waals surface area contributed by atoms with Crippen LogP contribution in [0.25, 0.3) is 10.6 Å². The summed E-state index contributed by atoms with van der Waals surface area (Å²) in [5.74, 6) is 0.184. The Morgan fingerprint density at radius 3 is 2.68 bits per heavy atom. The molecule has 0 aliphatic rings. The third-order valence-electron chi connectivity index (χ3n) is 3.09. The molecule has 0 amide bonds. The molecule has 0 unspecified atom stereocenters.